The molecule has 0 aromatic heterocycles. The van der Waals surface area contributed by atoms with E-state index in [-0.39, 0.29) is 0 Å². The van der Waals surface area contributed by atoms with Crippen molar-refractivity contribution in [3.05, 3.63) is 181 Å². The second kappa shape index (κ2) is 11.4. The number of allylic oxidation sites excluding steroid dienone is 4. The molecule has 1 unspecified atom stereocenters. The van der Waals surface area contributed by atoms with Crippen LogP contribution in [0.1, 0.15) is 30.9 Å². The van der Waals surface area contributed by atoms with E-state index < -0.39 is 5.66 Å². The van der Waals surface area contributed by atoms with Gasteiger partial charge >= 0.3 is 0 Å². The van der Waals surface area contributed by atoms with Gasteiger partial charge in [-0.15, -0.1) is 0 Å². The summed E-state index contributed by atoms with van der Waals surface area (Å²) >= 11 is 0. The Morgan fingerprint density at radius 3 is 1.96 bits per heavy atom. The minimum Gasteiger partial charge on any atom is -0.357 e. The van der Waals surface area contributed by atoms with Crippen molar-refractivity contribution >= 4 is 44.2 Å². The van der Waals surface area contributed by atoms with E-state index in [1.807, 2.05) is 0 Å². The van der Waals surface area contributed by atoms with Crippen molar-refractivity contribution in [2.75, 3.05) is 10.2 Å². The van der Waals surface area contributed by atoms with Crippen LogP contribution in [0, 0.1) is 0 Å². The van der Waals surface area contributed by atoms with Crippen molar-refractivity contribution in [3.63, 3.8) is 0 Å². The summed E-state index contributed by atoms with van der Waals surface area (Å²) in [4.78, 5) is 2.42. The third kappa shape index (κ3) is 4.56. The zero-order chi connectivity index (χ0) is 32.1. The number of rotatable bonds is 5. The van der Waals surface area contributed by atoms with E-state index in [1.54, 1.807) is 0 Å². The van der Waals surface area contributed by atoms with Gasteiger partial charge in [0.05, 0.1) is 11.4 Å². The summed E-state index contributed by atoms with van der Waals surface area (Å²) in [5.74, 6) is 0. The highest BCUT2D eigenvalue weighted by atomic mass is 15.4. The Labute approximate surface area is 282 Å². The van der Waals surface area contributed by atoms with Crippen LogP contribution >= 0.6 is 0 Å². The lowest BCUT2D eigenvalue weighted by Crippen LogP contribution is -2.42. The second-order valence-electron chi connectivity index (χ2n) is 13.0. The molecule has 2 aliphatic rings. The van der Waals surface area contributed by atoms with Crippen molar-refractivity contribution in [1.82, 2.24) is 0 Å². The summed E-state index contributed by atoms with van der Waals surface area (Å²) in [5.41, 5.74) is 12.0. The molecular weight excluding hydrogens is 581 g/mol. The maximum Gasteiger partial charge on any atom is 0.138 e. The smallest absolute Gasteiger partial charge is 0.138 e. The minimum atomic E-state index is -0.441. The molecule has 2 nitrogen and oxygen atoms in total. The average Bonchev–Trinajstić information content (AvgIpc) is 3.47. The van der Waals surface area contributed by atoms with Crippen LogP contribution in [-0.4, -0.2) is 0 Å². The molecule has 0 spiro atoms. The van der Waals surface area contributed by atoms with E-state index in [9.17, 15) is 0 Å². The summed E-state index contributed by atoms with van der Waals surface area (Å²) < 4.78 is 0. The first-order valence-corrected chi connectivity index (χ1v) is 16.9. The molecule has 0 radical (unpaired) electrons. The van der Waals surface area contributed by atoms with Gasteiger partial charge in [-0.3, -0.25) is 0 Å². The van der Waals surface area contributed by atoms with Crippen LogP contribution in [0.15, 0.2) is 170 Å². The van der Waals surface area contributed by atoms with Gasteiger partial charge in [-0.25, -0.2) is 0 Å². The maximum absolute atomic E-state index is 3.85. The number of para-hydroxylation sites is 3. The molecule has 0 amide bonds. The van der Waals surface area contributed by atoms with Crippen LogP contribution in [-0.2, 0) is 5.66 Å². The molecule has 1 aliphatic carbocycles. The van der Waals surface area contributed by atoms with Gasteiger partial charge in [-0.2, -0.15) is 0 Å². The second-order valence-corrected chi connectivity index (χ2v) is 13.0. The molecule has 48 heavy (non-hydrogen) atoms. The first kappa shape index (κ1) is 28.4. The molecule has 1 heterocycles. The minimum absolute atomic E-state index is 0.441. The number of benzene rings is 7. The van der Waals surface area contributed by atoms with Crippen LogP contribution < -0.4 is 10.2 Å². The van der Waals surface area contributed by atoms with Crippen molar-refractivity contribution in [3.8, 4) is 22.3 Å². The number of nitrogens with zero attached hydrogens (tertiary/aromatic N) is 1. The predicted octanol–water partition coefficient (Wildman–Crippen LogP) is 12.5. The Morgan fingerprint density at radius 1 is 0.562 bits per heavy atom. The Bertz CT molecular complexity index is 2370. The summed E-state index contributed by atoms with van der Waals surface area (Å²) in [6.45, 7) is 2.28. The van der Waals surface area contributed by atoms with Crippen molar-refractivity contribution in [1.29, 1.82) is 0 Å². The van der Waals surface area contributed by atoms with Gasteiger partial charge in [0.25, 0.3) is 0 Å². The molecule has 1 atom stereocenters. The highest BCUT2D eigenvalue weighted by molar-refractivity contribution is 6.19. The fourth-order valence-electron chi connectivity index (χ4n) is 7.93. The number of fused-ring (bicyclic) bond motifs is 3. The number of anilines is 3. The number of nitrogens with one attached hydrogen (secondary N) is 1. The highest BCUT2D eigenvalue weighted by Gasteiger charge is 2.41. The van der Waals surface area contributed by atoms with Gasteiger partial charge in [0.2, 0.25) is 0 Å². The molecular formula is C46H36N2. The highest BCUT2D eigenvalue weighted by Crippen LogP contribution is 2.50. The zero-order valence-corrected chi connectivity index (χ0v) is 27.0. The van der Waals surface area contributed by atoms with E-state index >= 15 is 0 Å². The van der Waals surface area contributed by atoms with Crippen LogP contribution in [0.25, 0.3) is 49.4 Å². The standard InChI is InChI=1S/C46H36N2/c1-46(47-42-23-13-14-24-43(42)48(46)37-19-9-4-10-20-37)36-28-25-32(26-29-36)35-27-30-40-41(31-35)45(34-17-7-3-8-18-34)39-22-12-11-21-38(39)44(40)33-15-5-2-6-16-33/h2-5,7-15,17-31,47H,6,16H2,1H3. The SMILES string of the molecule is CC1(c2ccc(-c3ccc4c(C5=CC=CCC5)c5ccccc5c(-c5ccccc5)c4c3)cc2)Nc2ccccc2N1c1ccccc1. The molecule has 9 rings (SSSR count). The summed E-state index contributed by atoms with van der Waals surface area (Å²) in [5, 5.41) is 9.09. The van der Waals surface area contributed by atoms with Crippen molar-refractivity contribution in [2.45, 2.75) is 25.4 Å². The lowest BCUT2D eigenvalue weighted by atomic mass is 9.83. The van der Waals surface area contributed by atoms with Gasteiger partial charge in [-0.1, -0.05) is 140 Å². The molecule has 2 heteroatoms. The molecule has 0 saturated carbocycles. The Balaban J connectivity index is 1.20. The normalized spacial score (nSPS) is 16.9. The van der Waals surface area contributed by atoms with Gasteiger partial charge in [0, 0.05) is 5.69 Å². The summed E-state index contributed by atoms with van der Waals surface area (Å²) in [7, 11) is 0. The summed E-state index contributed by atoms with van der Waals surface area (Å²) in [6, 6.07) is 55.4. The molecule has 1 N–H and O–H groups in total. The predicted molar refractivity (Wildman–Crippen MR) is 205 cm³/mol. The molecule has 0 fully saturated rings. The Morgan fingerprint density at radius 2 is 1.21 bits per heavy atom. The topological polar surface area (TPSA) is 15.3 Å². The summed E-state index contributed by atoms with van der Waals surface area (Å²) in [6.07, 6.45) is 8.94. The number of hydrogen-bond acceptors (Lipinski definition) is 2. The van der Waals surface area contributed by atoms with E-state index in [1.165, 1.54) is 66.2 Å². The van der Waals surface area contributed by atoms with E-state index in [0.29, 0.717) is 0 Å². The lowest BCUT2D eigenvalue weighted by Gasteiger charge is -2.37. The number of hydrogen-bond donors (Lipinski definition) is 1. The molecule has 7 aromatic rings. The fraction of sp³-hybridized carbons (Fsp3) is 0.0870. The van der Waals surface area contributed by atoms with E-state index in [4.69, 9.17) is 0 Å². The van der Waals surface area contributed by atoms with Crippen LogP contribution in [0.4, 0.5) is 17.1 Å². The van der Waals surface area contributed by atoms with Crippen LogP contribution in [0.2, 0.25) is 0 Å². The largest absolute Gasteiger partial charge is 0.357 e. The Kier molecular flexibility index (Phi) is 6.76. The van der Waals surface area contributed by atoms with Crippen LogP contribution in [0.5, 0.6) is 0 Å². The van der Waals surface area contributed by atoms with Crippen molar-refractivity contribution in [2.24, 2.45) is 0 Å². The van der Waals surface area contributed by atoms with Gasteiger partial charge in [0.15, 0.2) is 0 Å². The first-order chi connectivity index (χ1) is 23.7. The first-order valence-electron chi connectivity index (χ1n) is 16.9. The van der Waals surface area contributed by atoms with Crippen LogP contribution in [0.3, 0.4) is 0 Å². The quantitative estimate of drug-likeness (QED) is 0.194. The van der Waals surface area contributed by atoms with Crippen molar-refractivity contribution < 1.29 is 0 Å². The molecule has 0 saturated heterocycles. The van der Waals surface area contributed by atoms with Gasteiger partial charge < -0.3 is 10.2 Å². The average molecular weight is 617 g/mol. The van der Waals surface area contributed by atoms with Gasteiger partial charge in [0.1, 0.15) is 5.66 Å². The molecule has 230 valence electrons. The zero-order valence-electron chi connectivity index (χ0n) is 27.0. The molecule has 7 aromatic carbocycles. The fourth-order valence-corrected chi connectivity index (χ4v) is 7.93. The van der Waals surface area contributed by atoms with E-state index in [2.05, 4.69) is 187 Å². The lowest BCUT2D eigenvalue weighted by molar-refractivity contribution is 0.577. The Hall–Kier alpha value is -5.86. The monoisotopic (exact) mass is 616 g/mol. The molecule has 0 bridgehead atoms. The molecule has 1 aliphatic heterocycles. The third-order valence-corrected chi connectivity index (χ3v) is 10.2. The maximum atomic E-state index is 3.85. The van der Waals surface area contributed by atoms with E-state index in [0.717, 1.165) is 24.2 Å². The van der Waals surface area contributed by atoms with Gasteiger partial charge in [-0.05, 0) is 111 Å². The third-order valence-electron chi connectivity index (χ3n) is 10.2.